The molecule has 2 rings (SSSR count). The fourth-order valence-corrected chi connectivity index (χ4v) is 2.44. The number of nitrogens with zero attached hydrogens (tertiary/aromatic N) is 2. The zero-order valence-electron chi connectivity index (χ0n) is 8.94. The standard InChI is InChI=1S/C10H11N3O2S/c1-5-4-16-10-8(5)9(11-3-7(14)15)12-6(2)13-10/h4H,3H2,1-2H3,(H,14,15)(H,11,12,13). The number of aryl methyl sites for hydroxylation is 2. The minimum Gasteiger partial charge on any atom is -0.480 e. The molecule has 0 saturated carbocycles. The highest BCUT2D eigenvalue weighted by Crippen LogP contribution is 2.28. The van der Waals surface area contributed by atoms with Crippen LogP contribution in [0.2, 0.25) is 0 Å². The minimum absolute atomic E-state index is 0.138. The van der Waals surface area contributed by atoms with Crippen LogP contribution >= 0.6 is 11.3 Å². The molecule has 0 fully saturated rings. The van der Waals surface area contributed by atoms with E-state index >= 15 is 0 Å². The van der Waals surface area contributed by atoms with Crippen molar-refractivity contribution in [1.29, 1.82) is 0 Å². The van der Waals surface area contributed by atoms with Crippen LogP contribution in [0.25, 0.3) is 10.2 Å². The van der Waals surface area contributed by atoms with Crippen molar-refractivity contribution in [2.45, 2.75) is 13.8 Å². The lowest BCUT2D eigenvalue weighted by molar-refractivity contribution is -0.134. The maximum absolute atomic E-state index is 10.5. The zero-order chi connectivity index (χ0) is 11.7. The molecule has 0 aliphatic carbocycles. The number of thiophene rings is 1. The van der Waals surface area contributed by atoms with Gasteiger partial charge in [0.2, 0.25) is 0 Å². The third-order valence-corrected chi connectivity index (χ3v) is 3.13. The molecule has 2 heterocycles. The van der Waals surface area contributed by atoms with Gasteiger partial charge in [0.1, 0.15) is 23.0 Å². The molecule has 2 aromatic heterocycles. The molecule has 0 bridgehead atoms. The van der Waals surface area contributed by atoms with E-state index in [4.69, 9.17) is 5.11 Å². The summed E-state index contributed by atoms with van der Waals surface area (Å²) in [6.07, 6.45) is 0. The second-order valence-corrected chi connectivity index (χ2v) is 4.32. The van der Waals surface area contributed by atoms with Crippen LogP contribution in [0.5, 0.6) is 0 Å². The largest absolute Gasteiger partial charge is 0.480 e. The Kier molecular flexibility index (Phi) is 2.74. The molecule has 2 N–H and O–H groups in total. The van der Waals surface area contributed by atoms with Crippen LogP contribution in [0.1, 0.15) is 11.4 Å². The SMILES string of the molecule is Cc1nc(NCC(=O)O)c2c(C)csc2n1. The number of fused-ring (bicyclic) bond motifs is 1. The monoisotopic (exact) mass is 237 g/mol. The van der Waals surface area contributed by atoms with E-state index in [0.717, 1.165) is 15.8 Å². The van der Waals surface area contributed by atoms with Crippen molar-refractivity contribution in [2.75, 3.05) is 11.9 Å². The molecule has 0 aromatic carbocycles. The van der Waals surface area contributed by atoms with Crippen molar-refractivity contribution < 1.29 is 9.90 Å². The van der Waals surface area contributed by atoms with Crippen molar-refractivity contribution in [1.82, 2.24) is 9.97 Å². The molecule has 0 amide bonds. The summed E-state index contributed by atoms with van der Waals surface area (Å²) in [7, 11) is 0. The summed E-state index contributed by atoms with van der Waals surface area (Å²) in [5.74, 6) is 0.336. The molecule has 0 atom stereocenters. The molecule has 84 valence electrons. The molecule has 0 saturated heterocycles. The first-order chi connectivity index (χ1) is 7.58. The van der Waals surface area contributed by atoms with Gasteiger partial charge in [0.25, 0.3) is 0 Å². The number of carboxylic acids is 1. The minimum atomic E-state index is -0.905. The molecule has 16 heavy (non-hydrogen) atoms. The molecule has 5 nitrogen and oxygen atoms in total. The van der Waals surface area contributed by atoms with E-state index in [9.17, 15) is 4.79 Å². The molecule has 0 unspecified atom stereocenters. The Morgan fingerprint density at radius 2 is 2.25 bits per heavy atom. The third-order valence-electron chi connectivity index (χ3n) is 2.14. The van der Waals surface area contributed by atoms with E-state index in [0.29, 0.717) is 11.6 Å². The topological polar surface area (TPSA) is 75.1 Å². The van der Waals surface area contributed by atoms with Crippen molar-refractivity contribution in [3.63, 3.8) is 0 Å². The average Bonchev–Trinajstić information content (AvgIpc) is 2.56. The predicted octanol–water partition coefficient (Wildman–Crippen LogP) is 1.80. The molecule has 0 aliphatic heterocycles. The van der Waals surface area contributed by atoms with E-state index < -0.39 is 5.97 Å². The van der Waals surface area contributed by atoms with Gasteiger partial charge in [-0.05, 0) is 24.8 Å². The third kappa shape index (κ3) is 1.96. The zero-order valence-corrected chi connectivity index (χ0v) is 9.76. The fourth-order valence-electron chi connectivity index (χ4n) is 1.48. The van der Waals surface area contributed by atoms with Gasteiger partial charge in [0.05, 0.1) is 5.39 Å². The van der Waals surface area contributed by atoms with E-state index in [2.05, 4.69) is 15.3 Å². The lowest BCUT2D eigenvalue weighted by Gasteiger charge is -2.05. The first-order valence-electron chi connectivity index (χ1n) is 4.76. The lowest BCUT2D eigenvalue weighted by Crippen LogP contribution is -2.14. The summed E-state index contributed by atoms with van der Waals surface area (Å²) < 4.78 is 0. The molecular formula is C10H11N3O2S. The van der Waals surface area contributed by atoms with Crippen molar-refractivity contribution in [3.05, 3.63) is 16.8 Å². The smallest absolute Gasteiger partial charge is 0.322 e. The van der Waals surface area contributed by atoms with Gasteiger partial charge >= 0.3 is 5.97 Å². The highest BCUT2D eigenvalue weighted by atomic mass is 32.1. The average molecular weight is 237 g/mol. The maximum Gasteiger partial charge on any atom is 0.322 e. The Labute approximate surface area is 96.2 Å². The Bertz CT molecular complexity index is 550. The first kappa shape index (κ1) is 10.8. The number of aromatic nitrogens is 2. The quantitative estimate of drug-likeness (QED) is 0.851. The Hall–Kier alpha value is -1.69. The maximum atomic E-state index is 10.5. The van der Waals surface area contributed by atoms with Crippen molar-refractivity contribution in [2.24, 2.45) is 0 Å². The van der Waals surface area contributed by atoms with Gasteiger partial charge in [-0.25, -0.2) is 9.97 Å². The van der Waals surface area contributed by atoms with Crippen LogP contribution < -0.4 is 5.32 Å². The van der Waals surface area contributed by atoms with Crippen molar-refractivity contribution >= 4 is 33.3 Å². The molecule has 0 aliphatic rings. The first-order valence-corrected chi connectivity index (χ1v) is 5.64. The highest BCUT2D eigenvalue weighted by Gasteiger charge is 2.10. The van der Waals surface area contributed by atoms with E-state index in [1.165, 1.54) is 11.3 Å². The number of rotatable bonds is 3. The summed E-state index contributed by atoms with van der Waals surface area (Å²) >= 11 is 1.54. The number of carboxylic acid groups (broad SMARTS) is 1. The van der Waals surface area contributed by atoms with E-state index in [1.54, 1.807) is 6.92 Å². The Balaban J connectivity index is 2.48. The summed E-state index contributed by atoms with van der Waals surface area (Å²) in [6, 6.07) is 0. The lowest BCUT2D eigenvalue weighted by atomic mass is 10.2. The van der Waals surface area contributed by atoms with E-state index in [1.807, 2.05) is 12.3 Å². The Morgan fingerprint density at radius 3 is 2.94 bits per heavy atom. The van der Waals surface area contributed by atoms with Gasteiger partial charge < -0.3 is 10.4 Å². The molecule has 0 radical (unpaired) electrons. The van der Waals surface area contributed by atoms with Crippen molar-refractivity contribution in [3.8, 4) is 0 Å². The van der Waals surface area contributed by atoms with Crippen LogP contribution in [0.4, 0.5) is 5.82 Å². The van der Waals surface area contributed by atoms with Crippen LogP contribution in [0, 0.1) is 13.8 Å². The summed E-state index contributed by atoms with van der Waals surface area (Å²) in [4.78, 5) is 19.9. The second kappa shape index (κ2) is 4.05. The normalized spacial score (nSPS) is 10.6. The number of anilines is 1. The van der Waals surface area contributed by atoms with E-state index in [-0.39, 0.29) is 6.54 Å². The summed E-state index contributed by atoms with van der Waals surface area (Å²) in [5, 5.41) is 14.3. The fraction of sp³-hybridized carbons (Fsp3) is 0.300. The number of hydrogen-bond donors (Lipinski definition) is 2. The van der Waals surface area contributed by atoms with Gasteiger partial charge in [-0.15, -0.1) is 11.3 Å². The molecule has 2 aromatic rings. The summed E-state index contributed by atoms with van der Waals surface area (Å²) in [6.45, 7) is 3.62. The van der Waals surface area contributed by atoms with Gasteiger partial charge in [-0.2, -0.15) is 0 Å². The molecule has 6 heteroatoms. The number of nitrogens with one attached hydrogen (secondary N) is 1. The van der Waals surface area contributed by atoms with Gasteiger partial charge in [0, 0.05) is 0 Å². The van der Waals surface area contributed by atoms with Gasteiger partial charge in [-0.3, -0.25) is 4.79 Å². The predicted molar refractivity (Wildman–Crippen MR) is 63.0 cm³/mol. The molecule has 0 spiro atoms. The van der Waals surface area contributed by atoms with Gasteiger partial charge in [0.15, 0.2) is 0 Å². The summed E-state index contributed by atoms with van der Waals surface area (Å²) in [5.41, 5.74) is 1.06. The van der Waals surface area contributed by atoms with Crippen LogP contribution in [-0.2, 0) is 4.79 Å². The Morgan fingerprint density at radius 1 is 1.50 bits per heavy atom. The van der Waals surface area contributed by atoms with Crippen LogP contribution in [0.3, 0.4) is 0 Å². The second-order valence-electron chi connectivity index (χ2n) is 3.47. The number of hydrogen-bond acceptors (Lipinski definition) is 5. The number of carbonyl (C=O) groups is 1. The molecular weight excluding hydrogens is 226 g/mol. The van der Waals surface area contributed by atoms with Gasteiger partial charge in [-0.1, -0.05) is 0 Å². The number of aliphatic carboxylic acids is 1. The van der Waals surface area contributed by atoms with Crippen LogP contribution in [0.15, 0.2) is 5.38 Å². The van der Waals surface area contributed by atoms with Crippen LogP contribution in [-0.4, -0.2) is 27.6 Å². The highest BCUT2D eigenvalue weighted by molar-refractivity contribution is 7.17.